The Labute approximate surface area is 114 Å². The molecule has 0 aliphatic carbocycles. The van der Waals surface area contributed by atoms with E-state index in [9.17, 15) is 0 Å². The Hall–Kier alpha value is -0.240. The highest BCUT2D eigenvalue weighted by atomic mass is 16.7. The highest BCUT2D eigenvalue weighted by Gasteiger charge is 2.50. The van der Waals surface area contributed by atoms with Gasteiger partial charge >= 0.3 is 0 Å². The second-order valence-corrected chi connectivity index (χ2v) is 4.86. The van der Waals surface area contributed by atoms with Gasteiger partial charge < -0.3 is 28.4 Å². The number of methoxy groups -OCH3 is 4. The summed E-state index contributed by atoms with van der Waals surface area (Å²) in [6, 6.07) is 0. The molecule has 0 radical (unpaired) electrons. The van der Waals surface area contributed by atoms with E-state index in [0.29, 0.717) is 0 Å². The predicted octanol–water partition coefficient (Wildman–Crippen LogP) is 0.582. The van der Waals surface area contributed by atoms with Gasteiger partial charge in [-0.3, -0.25) is 0 Å². The van der Waals surface area contributed by atoms with Crippen LogP contribution in [0.15, 0.2) is 0 Å². The van der Waals surface area contributed by atoms with E-state index in [1.54, 1.807) is 28.4 Å². The number of ether oxygens (including phenoxy) is 6. The zero-order chi connectivity index (χ0) is 13.8. The number of rotatable bonds is 5. The summed E-state index contributed by atoms with van der Waals surface area (Å²) in [7, 11) is 6.52. The van der Waals surface area contributed by atoms with Crippen molar-refractivity contribution in [2.75, 3.05) is 35.0 Å². The third-order valence-electron chi connectivity index (χ3n) is 3.91. The maximum atomic E-state index is 5.98. The van der Waals surface area contributed by atoms with Crippen LogP contribution in [0.4, 0.5) is 0 Å². The Bertz CT molecular complexity index is 268. The highest BCUT2D eigenvalue weighted by molar-refractivity contribution is 4.96. The van der Waals surface area contributed by atoms with E-state index in [4.69, 9.17) is 28.4 Å². The van der Waals surface area contributed by atoms with E-state index in [2.05, 4.69) is 0 Å². The molecule has 2 fully saturated rings. The quantitative estimate of drug-likeness (QED) is 0.732. The van der Waals surface area contributed by atoms with Gasteiger partial charge in [-0.15, -0.1) is 0 Å². The van der Waals surface area contributed by atoms with Crippen molar-refractivity contribution in [3.05, 3.63) is 0 Å². The first kappa shape index (κ1) is 15.2. The fourth-order valence-corrected chi connectivity index (χ4v) is 2.97. The van der Waals surface area contributed by atoms with Gasteiger partial charge in [0.25, 0.3) is 0 Å². The van der Waals surface area contributed by atoms with Gasteiger partial charge in [0.15, 0.2) is 6.29 Å². The Morgan fingerprint density at radius 2 is 1.53 bits per heavy atom. The molecule has 0 saturated carbocycles. The van der Waals surface area contributed by atoms with Crippen LogP contribution in [-0.4, -0.2) is 71.9 Å². The molecule has 0 amide bonds. The predicted molar refractivity (Wildman–Crippen MR) is 67.0 cm³/mol. The molecule has 2 rings (SSSR count). The van der Waals surface area contributed by atoms with E-state index in [-0.39, 0.29) is 30.5 Å². The van der Waals surface area contributed by atoms with Gasteiger partial charge in [0.05, 0.1) is 6.10 Å². The standard InChI is InChI=1S/C13H24O6/c1-14-10-9(8-6-5-7-18-8)19-13(17-4)12(16-3)11(10)15-2/h8-13H,5-7H2,1-4H3/t8-,9+,10+,11-,12+,13-/m0/s1. The summed E-state index contributed by atoms with van der Waals surface area (Å²) in [6.45, 7) is 0.768. The van der Waals surface area contributed by atoms with Crippen LogP contribution in [0.1, 0.15) is 12.8 Å². The van der Waals surface area contributed by atoms with Crippen LogP contribution in [0.25, 0.3) is 0 Å². The van der Waals surface area contributed by atoms with E-state index in [0.717, 1.165) is 19.4 Å². The fourth-order valence-electron chi connectivity index (χ4n) is 2.97. The number of hydrogen-bond donors (Lipinski definition) is 0. The van der Waals surface area contributed by atoms with Crippen molar-refractivity contribution in [3.63, 3.8) is 0 Å². The minimum absolute atomic E-state index is 0.0260. The average Bonchev–Trinajstić information content (AvgIpc) is 2.98. The molecule has 0 aromatic carbocycles. The van der Waals surface area contributed by atoms with Gasteiger partial charge in [0.2, 0.25) is 0 Å². The van der Waals surface area contributed by atoms with Crippen molar-refractivity contribution in [2.24, 2.45) is 0 Å². The molecule has 6 nitrogen and oxygen atoms in total. The van der Waals surface area contributed by atoms with E-state index in [1.165, 1.54) is 0 Å². The Balaban J connectivity index is 2.17. The van der Waals surface area contributed by atoms with Gasteiger partial charge in [-0.25, -0.2) is 0 Å². The summed E-state index contributed by atoms with van der Waals surface area (Å²) in [5.41, 5.74) is 0. The smallest absolute Gasteiger partial charge is 0.186 e. The molecule has 6 heteroatoms. The molecule has 0 spiro atoms. The third kappa shape index (κ3) is 2.94. The van der Waals surface area contributed by atoms with Gasteiger partial charge in [0, 0.05) is 35.0 Å². The molecule has 0 N–H and O–H groups in total. The second kappa shape index (κ2) is 6.97. The third-order valence-corrected chi connectivity index (χ3v) is 3.91. The van der Waals surface area contributed by atoms with E-state index >= 15 is 0 Å². The van der Waals surface area contributed by atoms with Gasteiger partial charge in [0.1, 0.15) is 24.4 Å². The molecule has 0 aromatic heterocycles. The molecular weight excluding hydrogens is 252 g/mol. The Morgan fingerprint density at radius 1 is 0.842 bits per heavy atom. The number of hydrogen-bond acceptors (Lipinski definition) is 6. The first-order valence-electron chi connectivity index (χ1n) is 6.65. The highest BCUT2D eigenvalue weighted by Crippen LogP contribution is 2.32. The molecule has 19 heavy (non-hydrogen) atoms. The van der Waals surface area contributed by atoms with Crippen LogP contribution in [-0.2, 0) is 28.4 Å². The normalized spacial score (nSPS) is 43.6. The zero-order valence-corrected chi connectivity index (χ0v) is 12.0. The average molecular weight is 276 g/mol. The first-order valence-corrected chi connectivity index (χ1v) is 6.65. The molecule has 2 aliphatic rings. The molecular formula is C13H24O6. The lowest BCUT2D eigenvalue weighted by molar-refractivity contribution is -0.315. The van der Waals surface area contributed by atoms with Crippen molar-refractivity contribution in [1.29, 1.82) is 0 Å². The first-order chi connectivity index (χ1) is 9.26. The summed E-state index contributed by atoms with van der Waals surface area (Å²) in [5.74, 6) is 0. The lowest BCUT2D eigenvalue weighted by atomic mass is 9.93. The summed E-state index contributed by atoms with van der Waals surface area (Å²) in [5, 5.41) is 0. The summed E-state index contributed by atoms with van der Waals surface area (Å²) >= 11 is 0. The van der Waals surface area contributed by atoms with Crippen LogP contribution in [0, 0.1) is 0 Å². The molecule has 0 bridgehead atoms. The van der Waals surface area contributed by atoms with Crippen molar-refractivity contribution in [1.82, 2.24) is 0 Å². The molecule has 112 valence electrons. The minimum atomic E-state index is -0.476. The van der Waals surface area contributed by atoms with Crippen LogP contribution < -0.4 is 0 Å². The summed E-state index contributed by atoms with van der Waals surface area (Å²) in [6.07, 6.45) is 0.561. The van der Waals surface area contributed by atoms with Crippen LogP contribution in [0.5, 0.6) is 0 Å². The molecule has 0 aromatic rings. The molecule has 2 aliphatic heterocycles. The van der Waals surface area contributed by atoms with Crippen LogP contribution >= 0.6 is 0 Å². The largest absolute Gasteiger partial charge is 0.376 e. The van der Waals surface area contributed by atoms with Crippen molar-refractivity contribution < 1.29 is 28.4 Å². The van der Waals surface area contributed by atoms with E-state index in [1.807, 2.05) is 0 Å². The Kier molecular flexibility index (Phi) is 5.56. The van der Waals surface area contributed by atoms with Gasteiger partial charge in [-0.2, -0.15) is 0 Å². The molecule has 2 heterocycles. The lowest BCUT2D eigenvalue weighted by Crippen LogP contribution is -2.62. The monoisotopic (exact) mass is 276 g/mol. The second-order valence-electron chi connectivity index (χ2n) is 4.86. The Morgan fingerprint density at radius 3 is 2.00 bits per heavy atom. The SMILES string of the molecule is CO[C@H]1O[C@H]([C@@H]2CCCO2)[C@@H](OC)[C@H](OC)[C@H]1OC. The van der Waals surface area contributed by atoms with Crippen LogP contribution in [0.3, 0.4) is 0 Å². The van der Waals surface area contributed by atoms with Crippen LogP contribution in [0.2, 0.25) is 0 Å². The maximum Gasteiger partial charge on any atom is 0.186 e. The van der Waals surface area contributed by atoms with Crippen molar-refractivity contribution >= 4 is 0 Å². The molecule has 0 unspecified atom stereocenters. The molecule has 2 saturated heterocycles. The van der Waals surface area contributed by atoms with E-state index < -0.39 is 6.29 Å². The zero-order valence-electron chi connectivity index (χ0n) is 12.0. The maximum absolute atomic E-state index is 5.98. The molecule has 6 atom stereocenters. The van der Waals surface area contributed by atoms with Crippen molar-refractivity contribution in [3.8, 4) is 0 Å². The topological polar surface area (TPSA) is 55.4 Å². The van der Waals surface area contributed by atoms with Crippen molar-refractivity contribution in [2.45, 2.75) is 49.7 Å². The summed E-state index contributed by atoms with van der Waals surface area (Å²) < 4.78 is 33.7. The lowest BCUT2D eigenvalue weighted by Gasteiger charge is -2.45. The fraction of sp³-hybridized carbons (Fsp3) is 1.00. The summed E-state index contributed by atoms with van der Waals surface area (Å²) in [4.78, 5) is 0. The van der Waals surface area contributed by atoms with Gasteiger partial charge in [-0.1, -0.05) is 0 Å². The van der Waals surface area contributed by atoms with Gasteiger partial charge in [-0.05, 0) is 12.8 Å². The minimum Gasteiger partial charge on any atom is -0.376 e.